The molecule has 0 N–H and O–H groups in total. The van der Waals surface area contributed by atoms with Crippen molar-refractivity contribution in [3.63, 3.8) is 0 Å². The van der Waals surface area contributed by atoms with Gasteiger partial charge in [-0.1, -0.05) is 0 Å². The van der Waals surface area contributed by atoms with Crippen LogP contribution in [0.1, 0.15) is 18.6 Å². The first-order chi connectivity index (χ1) is 9.72. The van der Waals surface area contributed by atoms with E-state index < -0.39 is 0 Å². The fraction of sp³-hybridized carbons (Fsp3) is 0.333. The van der Waals surface area contributed by atoms with Gasteiger partial charge in [-0.25, -0.2) is 9.97 Å². The largest absolute Gasteiger partial charge is 0.316 e. The Morgan fingerprint density at radius 1 is 1.35 bits per heavy atom. The lowest BCUT2D eigenvalue weighted by Crippen LogP contribution is -2.10. The number of fused-ring (bicyclic) bond motifs is 1. The summed E-state index contributed by atoms with van der Waals surface area (Å²) in [5, 5.41) is 8.09. The van der Waals surface area contributed by atoms with E-state index >= 15 is 0 Å². The minimum absolute atomic E-state index is 0.328. The highest BCUT2D eigenvalue weighted by atomic mass is 79.9. The Morgan fingerprint density at radius 2 is 2.20 bits per heavy atom. The Labute approximate surface area is 128 Å². The first-order valence-electron chi connectivity index (χ1n) is 6.16. The molecule has 0 atom stereocenters. The van der Waals surface area contributed by atoms with Crippen LogP contribution in [0.5, 0.6) is 0 Å². The fourth-order valence-corrected chi connectivity index (χ4v) is 2.63. The molecule has 104 valence electrons. The molecule has 20 heavy (non-hydrogen) atoms. The van der Waals surface area contributed by atoms with Crippen molar-refractivity contribution in [1.29, 1.82) is 0 Å². The van der Waals surface area contributed by atoms with E-state index in [-0.39, 0.29) is 0 Å². The Balaban J connectivity index is 2.10. The fourth-order valence-electron chi connectivity index (χ4n) is 2.11. The maximum Gasteiger partial charge on any atom is 0.160 e. The normalized spacial score (nSPS) is 11.3. The van der Waals surface area contributed by atoms with Crippen molar-refractivity contribution in [2.75, 3.05) is 0 Å². The van der Waals surface area contributed by atoms with Crippen molar-refractivity contribution in [1.82, 2.24) is 29.3 Å². The van der Waals surface area contributed by atoms with E-state index in [9.17, 15) is 0 Å². The van der Waals surface area contributed by atoms with Crippen LogP contribution in [0.15, 0.2) is 23.1 Å². The molecule has 0 aliphatic carbocycles. The van der Waals surface area contributed by atoms with Gasteiger partial charge in [-0.2, -0.15) is 0 Å². The molecular formula is C12H12BrClN6. The predicted octanol–water partition coefficient (Wildman–Crippen LogP) is 2.59. The first kappa shape index (κ1) is 13.5. The van der Waals surface area contributed by atoms with Crippen molar-refractivity contribution in [3.05, 3.63) is 34.7 Å². The molecular weight excluding hydrogens is 344 g/mol. The maximum atomic E-state index is 5.99. The molecule has 0 unspecified atom stereocenters. The van der Waals surface area contributed by atoms with Crippen LogP contribution in [0.2, 0.25) is 0 Å². The Morgan fingerprint density at radius 3 is 2.95 bits per heavy atom. The molecule has 3 heterocycles. The van der Waals surface area contributed by atoms with E-state index in [1.54, 1.807) is 12.5 Å². The van der Waals surface area contributed by atoms with Crippen LogP contribution < -0.4 is 0 Å². The molecule has 0 spiro atoms. The van der Waals surface area contributed by atoms with E-state index in [2.05, 4.69) is 43.0 Å². The van der Waals surface area contributed by atoms with Crippen LogP contribution >= 0.6 is 27.5 Å². The first-order valence-corrected chi connectivity index (χ1v) is 7.49. The van der Waals surface area contributed by atoms with Crippen LogP contribution in [0.25, 0.3) is 11.2 Å². The molecule has 3 aromatic rings. The van der Waals surface area contributed by atoms with Gasteiger partial charge in [0.1, 0.15) is 17.7 Å². The average molecular weight is 356 g/mol. The van der Waals surface area contributed by atoms with Gasteiger partial charge in [0.2, 0.25) is 0 Å². The molecule has 0 fully saturated rings. The third-order valence-electron chi connectivity index (χ3n) is 3.09. The number of halogens is 2. The van der Waals surface area contributed by atoms with Gasteiger partial charge in [0, 0.05) is 17.2 Å². The summed E-state index contributed by atoms with van der Waals surface area (Å²) in [5.41, 5.74) is 1.62. The average Bonchev–Trinajstić information content (AvgIpc) is 3.03. The second-order valence-electron chi connectivity index (χ2n) is 4.28. The van der Waals surface area contributed by atoms with E-state index in [1.807, 2.05) is 15.2 Å². The zero-order chi connectivity index (χ0) is 14.1. The van der Waals surface area contributed by atoms with Crippen LogP contribution in [0.3, 0.4) is 0 Å². The maximum absolute atomic E-state index is 5.99. The number of hydrogen-bond acceptors (Lipinski definition) is 4. The van der Waals surface area contributed by atoms with Gasteiger partial charge in [-0.15, -0.1) is 21.8 Å². The minimum atomic E-state index is 0.328. The summed E-state index contributed by atoms with van der Waals surface area (Å²) < 4.78 is 4.86. The molecule has 0 aliphatic rings. The number of aromatic nitrogens is 6. The zero-order valence-electron chi connectivity index (χ0n) is 10.8. The summed E-state index contributed by atoms with van der Waals surface area (Å²) in [6, 6.07) is 1.93. The molecule has 0 saturated heterocycles. The molecule has 0 radical (unpaired) electrons. The van der Waals surface area contributed by atoms with Crippen molar-refractivity contribution in [2.24, 2.45) is 0 Å². The number of hydrogen-bond donors (Lipinski definition) is 0. The standard InChI is InChI=1S/C12H12BrClN6/c1-2-19-7-16-18-11(19)6-20-10(4-14)17-9-3-8(13)5-15-12(9)20/h3,5,7H,2,4,6H2,1H3. The molecule has 0 aromatic carbocycles. The van der Waals surface area contributed by atoms with Crippen LogP contribution in [-0.2, 0) is 19.0 Å². The highest BCUT2D eigenvalue weighted by Crippen LogP contribution is 2.20. The Kier molecular flexibility index (Phi) is 3.71. The smallest absolute Gasteiger partial charge is 0.160 e. The SMILES string of the molecule is CCn1cnnc1Cn1c(CCl)nc2cc(Br)cnc21. The van der Waals surface area contributed by atoms with Crippen molar-refractivity contribution in [2.45, 2.75) is 25.9 Å². The predicted molar refractivity (Wildman–Crippen MR) is 79.6 cm³/mol. The van der Waals surface area contributed by atoms with Gasteiger partial charge in [0.25, 0.3) is 0 Å². The molecule has 6 nitrogen and oxygen atoms in total. The third kappa shape index (κ3) is 2.31. The summed E-state index contributed by atoms with van der Waals surface area (Å²) in [6.07, 6.45) is 3.47. The van der Waals surface area contributed by atoms with E-state index in [0.717, 1.165) is 33.8 Å². The van der Waals surface area contributed by atoms with Gasteiger partial charge >= 0.3 is 0 Å². The molecule has 8 heteroatoms. The monoisotopic (exact) mass is 354 g/mol. The molecule has 0 aliphatic heterocycles. The highest BCUT2D eigenvalue weighted by Gasteiger charge is 2.14. The lowest BCUT2D eigenvalue weighted by molar-refractivity contribution is 0.645. The van der Waals surface area contributed by atoms with Crippen molar-refractivity contribution in [3.8, 4) is 0 Å². The third-order valence-corrected chi connectivity index (χ3v) is 3.76. The van der Waals surface area contributed by atoms with E-state index in [0.29, 0.717) is 12.4 Å². The van der Waals surface area contributed by atoms with Crippen LogP contribution in [0.4, 0.5) is 0 Å². The summed E-state index contributed by atoms with van der Waals surface area (Å²) >= 11 is 9.39. The molecule has 3 rings (SSSR count). The summed E-state index contributed by atoms with van der Waals surface area (Å²) in [7, 11) is 0. The lowest BCUT2D eigenvalue weighted by Gasteiger charge is -2.07. The van der Waals surface area contributed by atoms with Gasteiger partial charge < -0.3 is 9.13 Å². The second-order valence-corrected chi connectivity index (χ2v) is 5.46. The van der Waals surface area contributed by atoms with Gasteiger partial charge in [0.15, 0.2) is 11.5 Å². The number of alkyl halides is 1. The van der Waals surface area contributed by atoms with Crippen molar-refractivity contribution >= 4 is 38.7 Å². The Bertz CT molecular complexity index is 750. The Hall–Kier alpha value is -1.47. The molecule has 0 bridgehead atoms. The van der Waals surface area contributed by atoms with E-state index in [1.165, 1.54) is 0 Å². The molecule has 0 saturated carbocycles. The number of aryl methyl sites for hydroxylation is 1. The quantitative estimate of drug-likeness (QED) is 0.675. The summed E-state index contributed by atoms with van der Waals surface area (Å²) in [6.45, 7) is 3.43. The lowest BCUT2D eigenvalue weighted by atomic mass is 10.4. The number of nitrogens with zero attached hydrogens (tertiary/aromatic N) is 6. The topological polar surface area (TPSA) is 61.4 Å². The summed E-state index contributed by atoms with van der Waals surface area (Å²) in [4.78, 5) is 8.93. The highest BCUT2D eigenvalue weighted by molar-refractivity contribution is 9.10. The van der Waals surface area contributed by atoms with Crippen LogP contribution in [-0.4, -0.2) is 29.3 Å². The second kappa shape index (κ2) is 5.49. The van der Waals surface area contributed by atoms with Crippen molar-refractivity contribution < 1.29 is 0 Å². The minimum Gasteiger partial charge on any atom is -0.316 e. The zero-order valence-corrected chi connectivity index (χ0v) is 13.1. The number of pyridine rings is 1. The van der Waals surface area contributed by atoms with E-state index in [4.69, 9.17) is 11.6 Å². The number of rotatable bonds is 4. The van der Waals surface area contributed by atoms with Gasteiger partial charge in [-0.3, -0.25) is 0 Å². The molecule has 0 amide bonds. The molecule has 3 aromatic heterocycles. The summed E-state index contributed by atoms with van der Waals surface area (Å²) in [5.74, 6) is 1.97. The van der Waals surface area contributed by atoms with Gasteiger partial charge in [-0.05, 0) is 28.9 Å². The van der Waals surface area contributed by atoms with Gasteiger partial charge in [0.05, 0.1) is 12.4 Å². The number of imidazole rings is 1. The van der Waals surface area contributed by atoms with Crippen LogP contribution in [0, 0.1) is 0 Å².